The monoisotopic (exact) mass is 200 g/mol. The van der Waals surface area contributed by atoms with Crippen LogP contribution >= 0.6 is 0 Å². The Morgan fingerprint density at radius 1 is 1.40 bits per heavy atom. The van der Waals surface area contributed by atoms with E-state index in [1.165, 1.54) is 0 Å². The molecule has 15 heavy (non-hydrogen) atoms. The minimum Gasteiger partial charge on any atom is -0.316 e. The summed E-state index contributed by atoms with van der Waals surface area (Å²) in [6, 6.07) is 9.79. The van der Waals surface area contributed by atoms with Crippen LogP contribution in [-0.4, -0.2) is 18.3 Å². The van der Waals surface area contributed by atoms with Crippen molar-refractivity contribution < 1.29 is 4.79 Å². The lowest BCUT2D eigenvalue weighted by Gasteiger charge is -2.05. The molecule has 0 spiro atoms. The van der Waals surface area contributed by atoms with Crippen molar-refractivity contribution in [2.45, 2.75) is 6.54 Å². The Kier molecular flexibility index (Phi) is 2.74. The average molecular weight is 200 g/mol. The second-order valence-corrected chi connectivity index (χ2v) is 3.37. The van der Waals surface area contributed by atoms with Crippen molar-refractivity contribution >= 4 is 17.2 Å². The molecular weight excluding hydrogens is 188 g/mol. The third-order valence-electron chi connectivity index (χ3n) is 2.32. The Hall–Kier alpha value is -1.74. The van der Waals surface area contributed by atoms with Gasteiger partial charge in [-0.1, -0.05) is 18.2 Å². The van der Waals surface area contributed by atoms with Crippen LogP contribution in [0.3, 0.4) is 0 Å². The van der Waals surface area contributed by atoms with Gasteiger partial charge >= 0.3 is 0 Å². The van der Waals surface area contributed by atoms with Crippen molar-refractivity contribution in [3.63, 3.8) is 0 Å². The first-order chi connectivity index (χ1) is 7.35. The van der Waals surface area contributed by atoms with Crippen molar-refractivity contribution in [2.24, 2.45) is 0 Å². The highest BCUT2D eigenvalue weighted by atomic mass is 16.1. The van der Waals surface area contributed by atoms with Gasteiger partial charge in [-0.05, 0) is 24.7 Å². The number of aromatic nitrogens is 1. The van der Waals surface area contributed by atoms with Gasteiger partial charge in [0.25, 0.3) is 0 Å². The molecule has 3 heteroatoms. The summed E-state index contributed by atoms with van der Waals surface area (Å²) in [6.07, 6.45) is 0.805. The molecule has 3 nitrogen and oxygen atoms in total. The number of carbonyl (C=O) groups is 1. The number of rotatable bonds is 3. The van der Waals surface area contributed by atoms with Crippen LogP contribution in [0.2, 0.25) is 0 Å². The maximum Gasteiger partial charge on any atom is 0.168 e. The van der Waals surface area contributed by atoms with Gasteiger partial charge in [0, 0.05) is 11.9 Å². The summed E-state index contributed by atoms with van der Waals surface area (Å²) < 4.78 is 0. The lowest BCUT2D eigenvalue weighted by atomic mass is 10.1. The quantitative estimate of drug-likeness (QED) is 0.768. The normalized spacial score (nSPS) is 10.5. The van der Waals surface area contributed by atoms with E-state index in [9.17, 15) is 4.79 Å². The maximum atomic E-state index is 10.9. The van der Waals surface area contributed by atoms with E-state index in [2.05, 4.69) is 10.3 Å². The smallest absolute Gasteiger partial charge is 0.168 e. The van der Waals surface area contributed by atoms with Gasteiger partial charge in [-0.25, -0.2) is 4.98 Å². The van der Waals surface area contributed by atoms with Crippen LogP contribution < -0.4 is 5.32 Å². The summed E-state index contributed by atoms with van der Waals surface area (Å²) in [7, 11) is 1.85. The summed E-state index contributed by atoms with van der Waals surface area (Å²) in [5, 5.41) is 4.09. The van der Waals surface area contributed by atoms with E-state index < -0.39 is 0 Å². The minimum atomic E-state index is 0.517. The Bertz CT molecular complexity index is 494. The van der Waals surface area contributed by atoms with Crippen LogP contribution in [0, 0.1) is 0 Å². The molecule has 1 N–H and O–H groups in total. The maximum absolute atomic E-state index is 10.9. The van der Waals surface area contributed by atoms with Crippen molar-refractivity contribution in [2.75, 3.05) is 7.05 Å². The van der Waals surface area contributed by atoms with Gasteiger partial charge in [-0.3, -0.25) is 4.79 Å². The van der Waals surface area contributed by atoms with Gasteiger partial charge in [0.05, 0.1) is 5.52 Å². The first-order valence-corrected chi connectivity index (χ1v) is 4.83. The van der Waals surface area contributed by atoms with Crippen molar-refractivity contribution in [1.29, 1.82) is 0 Å². The highest BCUT2D eigenvalue weighted by molar-refractivity contribution is 5.85. The Morgan fingerprint density at radius 3 is 2.93 bits per heavy atom. The van der Waals surface area contributed by atoms with Gasteiger partial charge in [0.2, 0.25) is 0 Å². The Labute approximate surface area is 88.1 Å². The molecule has 2 aromatic rings. The van der Waals surface area contributed by atoms with Gasteiger partial charge < -0.3 is 5.32 Å². The van der Waals surface area contributed by atoms with E-state index in [4.69, 9.17) is 0 Å². The first-order valence-electron chi connectivity index (χ1n) is 4.83. The number of carbonyl (C=O) groups excluding carboxylic acids is 1. The zero-order chi connectivity index (χ0) is 10.7. The number of aldehydes is 1. The number of nitrogens with zero attached hydrogens (tertiary/aromatic N) is 1. The van der Waals surface area contributed by atoms with Gasteiger partial charge in [0.1, 0.15) is 5.69 Å². The standard InChI is InChI=1S/C12H12N2O/c1-13-7-10-6-9-4-2-3-5-11(9)14-12(10)8-15/h2-6,8,13H,7H2,1H3. The number of fused-ring (bicyclic) bond motifs is 1. The highest BCUT2D eigenvalue weighted by Crippen LogP contribution is 2.15. The zero-order valence-corrected chi connectivity index (χ0v) is 8.53. The third kappa shape index (κ3) is 1.87. The number of hydrogen-bond acceptors (Lipinski definition) is 3. The molecule has 76 valence electrons. The van der Waals surface area contributed by atoms with Crippen molar-refractivity contribution in [3.8, 4) is 0 Å². The second kappa shape index (κ2) is 4.19. The van der Waals surface area contributed by atoms with Crippen LogP contribution in [0.5, 0.6) is 0 Å². The molecule has 2 rings (SSSR count). The fourth-order valence-corrected chi connectivity index (χ4v) is 1.61. The van der Waals surface area contributed by atoms with E-state index in [0.29, 0.717) is 12.2 Å². The fourth-order valence-electron chi connectivity index (χ4n) is 1.61. The molecule has 1 aromatic carbocycles. The molecule has 0 fully saturated rings. The molecule has 0 aliphatic carbocycles. The van der Waals surface area contributed by atoms with Crippen molar-refractivity contribution in [1.82, 2.24) is 10.3 Å². The average Bonchev–Trinajstić information content (AvgIpc) is 2.28. The molecule has 0 radical (unpaired) electrons. The SMILES string of the molecule is CNCc1cc2ccccc2nc1C=O. The number of benzene rings is 1. The summed E-state index contributed by atoms with van der Waals surface area (Å²) in [4.78, 5) is 15.2. The number of nitrogens with one attached hydrogen (secondary N) is 1. The second-order valence-electron chi connectivity index (χ2n) is 3.37. The highest BCUT2D eigenvalue weighted by Gasteiger charge is 2.04. The van der Waals surface area contributed by atoms with Crippen LogP contribution in [-0.2, 0) is 6.54 Å². The molecule has 0 bridgehead atoms. The molecule has 0 saturated heterocycles. The van der Waals surface area contributed by atoms with Crippen LogP contribution in [0.4, 0.5) is 0 Å². The van der Waals surface area contributed by atoms with E-state index in [1.807, 2.05) is 37.4 Å². The molecule has 0 atom stereocenters. The largest absolute Gasteiger partial charge is 0.316 e. The molecule has 0 aliphatic heterocycles. The number of para-hydroxylation sites is 1. The summed E-state index contributed by atoms with van der Waals surface area (Å²) >= 11 is 0. The van der Waals surface area contributed by atoms with Gasteiger partial charge in [-0.15, -0.1) is 0 Å². The predicted octanol–water partition coefficient (Wildman–Crippen LogP) is 1.77. The van der Waals surface area contributed by atoms with E-state index >= 15 is 0 Å². The third-order valence-corrected chi connectivity index (χ3v) is 2.32. The summed E-state index contributed by atoms with van der Waals surface area (Å²) in [6.45, 7) is 0.659. The van der Waals surface area contributed by atoms with Gasteiger partial charge in [-0.2, -0.15) is 0 Å². The van der Waals surface area contributed by atoms with Crippen LogP contribution in [0.15, 0.2) is 30.3 Å². The van der Waals surface area contributed by atoms with E-state index in [1.54, 1.807) is 0 Å². The van der Waals surface area contributed by atoms with E-state index in [-0.39, 0.29) is 0 Å². The first kappa shape index (κ1) is 9.80. The number of pyridine rings is 1. The molecule has 0 amide bonds. The Morgan fingerprint density at radius 2 is 2.20 bits per heavy atom. The molecule has 1 heterocycles. The lowest BCUT2D eigenvalue weighted by molar-refractivity contribution is 0.111. The van der Waals surface area contributed by atoms with Crippen LogP contribution in [0.1, 0.15) is 16.1 Å². The zero-order valence-electron chi connectivity index (χ0n) is 8.53. The van der Waals surface area contributed by atoms with Crippen LogP contribution in [0.25, 0.3) is 10.9 Å². The lowest BCUT2D eigenvalue weighted by Crippen LogP contribution is -2.08. The van der Waals surface area contributed by atoms with Gasteiger partial charge in [0.15, 0.2) is 6.29 Å². The molecule has 0 aliphatic rings. The Balaban J connectivity index is 2.63. The molecule has 0 unspecified atom stereocenters. The molecular formula is C12H12N2O. The molecule has 0 saturated carbocycles. The number of hydrogen-bond donors (Lipinski definition) is 1. The minimum absolute atomic E-state index is 0.517. The fraction of sp³-hybridized carbons (Fsp3) is 0.167. The summed E-state index contributed by atoms with van der Waals surface area (Å²) in [5.41, 5.74) is 2.31. The molecule has 1 aromatic heterocycles. The summed E-state index contributed by atoms with van der Waals surface area (Å²) in [5.74, 6) is 0. The van der Waals surface area contributed by atoms with Crippen molar-refractivity contribution in [3.05, 3.63) is 41.6 Å². The predicted molar refractivity (Wildman–Crippen MR) is 59.9 cm³/mol. The van der Waals surface area contributed by atoms with E-state index in [0.717, 1.165) is 22.8 Å². The topological polar surface area (TPSA) is 42.0 Å².